The molecule has 0 heterocycles. The van der Waals surface area contributed by atoms with Gasteiger partial charge in [0.15, 0.2) is 0 Å². The van der Waals surface area contributed by atoms with Gasteiger partial charge in [0.25, 0.3) is 0 Å². The molecule has 0 aromatic heterocycles. The molecule has 8 nitrogen and oxygen atoms in total. The summed E-state index contributed by atoms with van der Waals surface area (Å²) in [5.74, 6) is -13.7. The minimum Gasteiger partial charge on any atom is -0.412 e. The number of alkyl halides is 7. The summed E-state index contributed by atoms with van der Waals surface area (Å²) in [5, 5.41) is -4.52. The van der Waals surface area contributed by atoms with Crippen LogP contribution in [0.3, 0.4) is 0 Å². The summed E-state index contributed by atoms with van der Waals surface area (Å²) in [6.07, 6.45) is -8.82. The molecule has 1 amide bonds. The molecule has 0 radical (unpaired) electrons. The normalized spacial score (nSPS) is 15.1. The van der Waals surface area contributed by atoms with E-state index in [1.165, 1.54) is 5.32 Å². The number of esters is 1. The number of hydrogen-bond acceptors (Lipinski definition) is 6. The maximum atomic E-state index is 13.5. The van der Waals surface area contributed by atoms with Gasteiger partial charge in [-0.3, -0.25) is 9.35 Å². The Morgan fingerprint density at radius 2 is 1.63 bits per heavy atom. The SMILES string of the molecule is C=CNC(=O)C(OCCCC(F)(F)C(F)(F)S(=O)(=O)O)(OC(=O)C(=C)C)C(F)(F)F. The van der Waals surface area contributed by atoms with Crippen molar-refractivity contribution in [2.24, 2.45) is 0 Å². The van der Waals surface area contributed by atoms with Crippen LogP contribution in [-0.4, -0.2) is 54.6 Å². The molecule has 16 heteroatoms. The summed E-state index contributed by atoms with van der Waals surface area (Å²) in [6.45, 7) is 5.28. The maximum Gasteiger partial charge on any atom is 0.466 e. The second-order valence-corrected chi connectivity index (χ2v) is 7.07. The zero-order chi connectivity index (χ0) is 24.2. The van der Waals surface area contributed by atoms with Crippen molar-refractivity contribution in [2.75, 3.05) is 6.61 Å². The predicted molar refractivity (Wildman–Crippen MR) is 84.7 cm³/mol. The molecule has 0 rings (SSSR count). The van der Waals surface area contributed by atoms with E-state index in [1.54, 1.807) is 0 Å². The fourth-order valence-electron chi connectivity index (χ4n) is 1.66. The van der Waals surface area contributed by atoms with Crippen LogP contribution >= 0.6 is 0 Å². The molecule has 2 N–H and O–H groups in total. The third kappa shape index (κ3) is 5.91. The van der Waals surface area contributed by atoms with Crippen molar-refractivity contribution in [3.05, 3.63) is 24.9 Å². The molecule has 0 saturated carbocycles. The molecule has 1 unspecified atom stereocenters. The molecule has 0 aliphatic rings. The van der Waals surface area contributed by atoms with E-state index >= 15 is 0 Å². The van der Waals surface area contributed by atoms with Crippen LogP contribution in [0.15, 0.2) is 24.9 Å². The van der Waals surface area contributed by atoms with Gasteiger partial charge in [-0.1, -0.05) is 13.2 Å². The molecular formula is C14H16F7NO7S. The number of carbonyl (C=O) groups is 2. The quantitative estimate of drug-likeness (QED) is 0.118. The van der Waals surface area contributed by atoms with E-state index < -0.39 is 70.2 Å². The van der Waals surface area contributed by atoms with Crippen LogP contribution in [0, 0.1) is 0 Å². The number of ether oxygens (including phenoxy) is 2. The van der Waals surface area contributed by atoms with Crippen molar-refractivity contribution in [3.8, 4) is 0 Å². The summed E-state index contributed by atoms with van der Waals surface area (Å²) < 4.78 is 131. The van der Waals surface area contributed by atoms with Gasteiger partial charge in [-0.2, -0.15) is 39.2 Å². The lowest BCUT2D eigenvalue weighted by Gasteiger charge is -2.33. The van der Waals surface area contributed by atoms with Gasteiger partial charge in [0.1, 0.15) is 0 Å². The van der Waals surface area contributed by atoms with Crippen molar-refractivity contribution in [1.82, 2.24) is 5.32 Å². The smallest absolute Gasteiger partial charge is 0.412 e. The number of carbonyl (C=O) groups excluding carboxylic acids is 2. The summed E-state index contributed by atoms with van der Waals surface area (Å²) >= 11 is 0. The van der Waals surface area contributed by atoms with Crippen molar-refractivity contribution in [2.45, 2.75) is 42.9 Å². The minimum atomic E-state index is -6.55. The zero-order valence-electron chi connectivity index (χ0n) is 15.1. The second kappa shape index (κ2) is 9.30. The largest absolute Gasteiger partial charge is 0.466 e. The monoisotopic (exact) mass is 475 g/mol. The van der Waals surface area contributed by atoms with Crippen LogP contribution in [0.2, 0.25) is 0 Å². The average Bonchev–Trinajstić information content (AvgIpc) is 2.55. The molecule has 30 heavy (non-hydrogen) atoms. The summed E-state index contributed by atoms with van der Waals surface area (Å²) in [7, 11) is -6.55. The minimum absolute atomic E-state index is 0.446. The Hall–Kier alpha value is -2.20. The van der Waals surface area contributed by atoms with Crippen LogP contribution < -0.4 is 5.32 Å². The first-order chi connectivity index (χ1) is 13.3. The summed E-state index contributed by atoms with van der Waals surface area (Å²) in [5.41, 5.74) is -0.613. The Bertz CT molecular complexity index is 795. The van der Waals surface area contributed by atoms with Crippen molar-refractivity contribution in [1.29, 1.82) is 0 Å². The molecule has 1 atom stereocenters. The summed E-state index contributed by atoms with van der Waals surface area (Å²) in [4.78, 5) is 23.4. The van der Waals surface area contributed by atoms with E-state index in [4.69, 9.17) is 4.55 Å². The Morgan fingerprint density at radius 3 is 2.00 bits per heavy atom. The van der Waals surface area contributed by atoms with Crippen LogP contribution in [0.1, 0.15) is 19.8 Å². The Kier molecular flexibility index (Phi) is 8.62. The van der Waals surface area contributed by atoms with Crippen molar-refractivity contribution in [3.63, 3.8) is 0 Å². The van der Waals surface area contributed by atoms with Gasteiger partial charge in [-0.05, 0) is 19.5 Å². The van der Waals surface area contributed by atoms with Crippen LogP contribution in [-0.2, 0) is 29.2 Å². The van der Waals surface area contributed by atoms with Gasteiger partial charge in [-0.25, -0.2) is 4.79 Å². The standard InChI is InChI=1S/C14H16F7NO7S/c1-4-22-10(24)12(13(17,18)19,29-9(23)8(2)3)28-7-5-6-11(15,16)14(20,21)30(25,26)27/h4H,1-2,5-7H2,3H3,(H,22,24)(H,25,26,27). The van der Waals surface area contributed by atoms with Crippen molar-refractivity contribution < 1.29 is 62.8 Å². The molecule has 0 aliphatic heterocycles. The Morgan fingerprint density at radius 1 is 1.13 bits per heavy atom. The van der Waals surface area contributed by atoms with Gasteiger partial charge >= 0.3 is 45.1 Å². The van der Waals surface area contributed by atoms with E-state index in [2.05, 4.69) is 22.6 Å². The number of rotatable bonds is 11. The lowest BCUT2D eigenvalue weighted by molar-refractivity contribution is -0.347. The number of amides is 1. The maximum absolute atomic E-state index is 13.5. The first-order valence-corrected chi connectivity index (χ1v) is 8.95. The molecule has 174 valence electrons. The van der Waals surface area contributed by atoms with Gasteiger partial charge in [0.05, 0.1) is 6.61 Å². The number of nitrogens with one attached hydrogen (secondary N) is 1. The molecule has 0 saturated heterocycles. The molecule has 0 aromatic carbocycles. The van der Waals surface area contributed by atoms with E-state index in [9.17, 15) is 48.7 Å². The first kappa shape index (κ1) is 27.8. The van der Waals surface area contributed by atoms with Crippen LogP contribution in [0.5, 0.6) is 0 Å². The first-order valence-electron chi connectivity index (χ1n) is 7.51. The second-order valence-electron chi connectivity index (χ2n) is 5.61. The number of hydrogen-bond donors (Lipinski definition) is 2. The fourth-order valence-corrected chi connectivity index (χ4v) is 2.14. The molecule has 0 bridgehead atoms. The predicted octanol–water partition coefficient (Wildman–Crippen LogP) is 2.54. The summed E-state index contributed by atoms with van der Waals surface area (Å²) in [6, 6.07) is 0. The highest BCUT2D eigenvalue weighted by atomic mass is 32.2. The average molecular weight is 475 g/mol. The molecule has 0 aromatic rings. The van der Waals surface area contributed by atoms with E-state index in [1.807, 2.05) is 0 Å². The van der Waals surface area contributed by atoms with Gasteiger partial charge in [0.2, 0.25) is 0 Å². The highest BCUT2D eigenvalue weighted by molar-refractivity contribution is 7.87. The van der Waals surface area contributed by atoms with Crippen molar-refractivity contribution >= 4 is 22.0 Å². The van der Waals surface area contributed by atoms with E-state index in [-0.39, 0.29) is 0 Å². The molecule has 0 fully saturated rings. The number of halogens is 7. The molecular weight excluding hydrogens is 459 g/mol. The highest BCUT2D eigenvalue weighted by Gasteiger charge is 2.67. The van der Waals surface area contributed by atoms with Gasteiger partial charge in [-0.15, -0.1) is 0 Å². The Labute approximate surface area is 165 Å². The zero-order valence-corrected chi connectivity index (χ0v) is 15.9. The third-order valence-corrected chi connectivity index (χ3v) is 4.13. The molecule has 0 aliphatic carbocycles. The third-order valence-electron chi connectivity index (χ3n) is 3.18. The lowest BCUT2D eigenvalue weighted by Crippen LogP contribution is -2.61. The van der Waals surface area contributed by atoms with Crippen LogP contribution in [0.25, 0.3) is 0 Å². The molecule has 0 spiro atoms. The van der Waals surface area contributed by atoms with E-state index in [0.717, 1.165) is 6.92 Å². The van der Waals surface area contributed by atoms with E-state index in [0.29, 0.717) is 6.20 Å². The highest BCUT2D eigenvalue weighted by Crippen LogP contribution is 2.42. The van der Waals surface area contributed by atoms with Gasteiger partial charge < -0.3 is 14.8 Å². The fraction of sp³-hybridized carbons (Fsp3) is 0.571. The van der Waals surface area contributed by atoms with Crippen LogP contribution in [0.4, 0.5) is 30.7 Å². The topological polar surface area (TPSA) is 119 Å². The lowest BCUT2D eigenvalue weighted by atomic mass is 10.2. The Balaban J connectivity index is 5.69. The van der Waals surface area contributed by atoms with Gasteiger partial charge in [0, 0.05) is 12.0 Å².